The zero-order valence-corrected chi connectivity index (χ0v) is 14.2. The molecule has 4 nitrogen and oxygen atoms in total. The van der Waals surface area contributed by atoms with Crippen molar-refractivity contribution in [2.24, 2.45) is 0 Å². The molecule has 1 aliphatic heterocycles. The van der Waals surface area contributed by atoms with Crippen LogP contribution in [0.4, 0.5) is 0 Å². The van der Waals surface area contributed by atoms with Crippen LogP contribution in [0.25, 0.3) is 0 Å². The first kappa shape index (κ1) is 16.8. The van der Waals surface area contributed by atoms with Gasteiger partial charge in [0.2, 0.25) is 0 Å². The highest BCUT2D eigenvalue weighted by molar-refractivity contribution is 6.62. The summed E-state index contributed by atoms with van der Waals surface area (Å²) < 4.78 is 14.0. The van der Waals surface area contributed by atoms with Gasteiger partial charge in [0.05, 0.1) is 17.2 Å². The van der Waals surface area contributed by atoms with Gasteiger partial charge in [0.25, 0.3) is 0 Å². The first-order valence-electron chi connectivity index (χ1n) is 7.56. The van der Waals surface area contributed by atoms with Crippen molar-refractivity contribution in [3.05, 3.63) is 49.4 Å². The fraction of sp³-hybridized carbons (Fsp3) is 0.471. The number of hydrogen-bond donors (Lipinski definition) is 0. The number of rotatable bonds is 5. The van der Waals surface area contributed by atoms with E-state index in [-0.39, 0.29) is 24.4 Å². The van der Waals surface area contributed by atoms with Crippen LogP contribution in [0, 0.1) is 0 Å². The van der Waals surface area contributed by atoms with Gasteiger partial charge in [-0.1, -0.05) is 31.4 Å². The van der Waals surface area contributed by atoms with Crippen LogP contribution in [0.3, 0.4) is 0 Å². The van der Waals surface area contributed by atoms with Gasteiger partial charge >= 0.3 is 7.12 Å². The Morgan fingerprint density at radius 1 is 1.27 bits per heavy atom. The van der Waals surface area contributed by atoms with Gasteiger partial charge in [0, 0.05) is 17.9 Å². The number of allylic oxidation sites excluding steroid dienone is 4. The normalized spacial score (nSPS) is 21.7. The summed E-state index contributed by atoms with van der Waals surface area (Å²) in [4.78, 5) is 0. The summed E-state index contributed by atoms with van der Waals surface area (Å²) in [6.45, 7) is 17.8. The second kappa shape index (κ2) is 5.90. The molecule has 0 saturated carbocycles. The van der Waals surface area contributed by atoms with E-state index in [2.05, 4.69) is 25.2 Å². The van der Waals surface area contributed by atoms with E-state index < -0.39 is 0 Å². The second-order valence-corrected chi connectivity index (χ2v) is 6.62. The minimum absolute atomic E-state index is 0.0756. The molecular formula is C17H25BN2O2. The van der Waals surface area contributed by atoms with E-state index in [1.54, 1.807) is 12.3 Å². The lowest BCUT2D eigenvalue weighted by molar-refractivity contribution is 0.00578. The first-order chi connectivity index (χ1) is 10.2. The van der Waals surface area contributed by atoms with E-state index >= 15 is 0 Å². The van der Waals surface area contributed by atoms with Crippen LogP contribution in [0.15, 0.2) is 49.4 Å². The monoisotopic (exact) mass is 300 g/mol. The van der Waals surface area contributed by atoms with Gasteiger partial charge in [-0.2, -0.15) is 5.10 Å². The summed E-state index contributed by atoms with van der Waals surface area (Å²) in [5.41, 5.74) is 1.28. The molecule has 5 heteroatoms. The van der Waals surface area contributed by atoms with E-state index in [4.69, 9.17) is 9.31 Å². The third kappa shape index (κ3) is 2.96. The fourth-order valence-corrected chi connectivity index (χ4v) is 2.33. The summed E-state index contributed by atoms with van der Waals surface area (Å²) in [6, 6.07) is 0.0756. The van der Waals surface area contributed by atoms with Gasteiger partial charge in [-0.25, -0.2) is 0 Å². The average molecular weight is 300 g/mol. The average Bonchev–Trinajstić information content (AvgIpc) is 2.99. The largest absolute Gasteiger partial charge is 0.498 e. The standard InChI is InChI=1S/C17H25BN2O2/c1-8-10-14(9-2)13(3)20-12-15(11-19-20)18-21-16(4,5)17(6,7)22-18/h8-13H,1-2H2,3-7H3/b14-10+. The van der Waals surface area contributed by atoms with Crippen molar-refractivity contribution in [3.8, 4) is 0 Å². The second-order valence-electron chi connectivity index (χ2n) is 6.62. The van der Waals surface area contributed by atoms with Crippen LogP contribution in [0.2, 0.25) is 0 Å². The van der Waals surface area contributed by atoms with Crippen molar-refractivity contribution in [2.45, 2.75) is 51.9 Å². The zero-order valence-electron chi connectivity index (χ0n) is 14.2. The maximum atomic E-state index is 6.05. The van der Waals surface area contributed by atoms with Gasteiger partial charge in [-0.05, 0) is 40.2 Å². The molecule has 0 N–H and O–H groups in total. The first-order valence-corrected chi connectivity index (χ1v) is 7.56. The Balaban J connectivity index is 2.21. The molecule has 1 aromatic rings. The molecule has 0 bridgehead atoms. The smallest absolute Gasteiger partial charge is 0.399 e. The Kier molecular flexibility index (Phi) is 4.50. The van der Waals surface area contributed by atoms with Crippen LogP contribution in [0.5, 0.6) is 0 Å². The Morgan fingerprint density at radius 3 is 2.36 bits per heavy atom. The maximum absolute atomic E-state index is 6.05. The van der Waals surface area contributed by atoms with E-state index in [1.165, 1.54) is 0 Å². The Hall–Kier alpha value is -1.59. The van der Waals surface area contributed by atoms with Crippen LogP contribution < -0.4 is 5.46 Å². The lowest BCUT2D eigenvalue weighted by atomic mass is 9.82. The maximum Gasteiger partial charge on any atom is 0.498 e. The predicted octanol–water partition coefficient (Wildman–Crippen LogP) is 3.04. The fourth-order valence-electron chi connectivity index (χ4n) is 2.33. The lowest BCUT2D eigenvalue weighted by Crippen LogP contribution is -2.41. The summed E-state index contributed by atoms with van der Waals surface area (Å²) in [5.74, 6) is 0. The molecule has 2 rings (SSSR count). The van der Waals surface area contributed by atoms with Crippen molar-refractivity contribution in [1.29, 1.82) is 0 Å². The molecule has 2 heterocycles. The molecular weight excluding hydrogens is 275 g/mol. The molecule has 0 aliphatic carbocycles. The van der Waals surface area contributed by atoms with Crippen LogP contribution in [-0.4, -0.2) is 28.1 Å². The summed E-state index contributed by atoms with van der Waals surface area (Å²) in [6.07, 6.45) is 9.28. The number of hydrogen-bond acceptors (Lipinski definition) is 3. The van der Waals surface area contributed by atoms with E-state index in [9.17, 15) is 0 Å². The van der Waals surface area contributed by atoms with Gasteiger partial charge < -0.3 is 9.31 Å². The van der Waals surface area contributed by atoms with Crippen LogP contribution in [0.1, 0.15) is 40.7 Å². The molecule has 0 aromatic carbocycles. The van der Waals surface area contributed by atoms with Gasteiger partial charge in [-0.3, -0.25) is 4.68 Å². The van der Waals surface area contributed by atoms with Gasteiger partial charge in [0.1, 0.15) is 0 Å². The lowest BCUT2D eigenvalue weighted by Gasteiger charge is -2.32. The molecule has 1 fully saturated rings. The quantitative estimate of drug-likeness (QED) is 0.619. The van der Waals surface area contributed by atoms with Gasteiger partial charge in [0.15, 0.2) is 0 Å². The minimum Gasteiger partial charge on any atom is -0.399 e. The van der Waals surface area contributed by atoms with Crippen molar-refractivity contribution in [1.82, 2.24) is 9.78 Å². The Morgan fingerprint density at radius 2 is 1.86 bits per heavy atom. The highest BCUT2D eigenvalue weighted by atomic mass is 16.7. The van der Waals surface area contributed by atoms with Crippen molar-refractivity contribution >= 4 is 12.6 Å². The molecule has 1 atom stereocenters. The molecule has 1 unspecified atom stereocenters. The highest BCUT2D eigenvalue weighted by Crippen LogP contribution is 2.36. The summed E-state index contributed by atoms with van der Waals surface area (Å²) in [5, 5.41) is 4.44. The predicted molar refractivity (Wildman–Crippen MR) is 91.1 cm³/mol. The van der Waals surface area contributed by atoms with E-state index in [1.807, 2.05) is 50.7 Å². The van der Waals surface area contributed by atoms with E-state index in [0.717, 1.165) is 11.0 Å². The molecule has 1 aromatic heterocycles. The third-order valence-corrected chi connectivity index (χ3v) is 4.57. The molecule has 0 amide bonds. The third-order valence-electron chi connectivity index (χ3n) is 4.57. The molecule has 0 radical (unpaired) electrons. The summed E-state index contributed by atoms with van der Waals surface area (Å²) in [7, 11) is -0.387. The summed E-state index contributed by atoms with van der Waals surface area (Å²) >= 11 is 0. The van der Waals surface area contributed by atoms with Crippen LogP contribution >= 0.6 is 0 Å². The zero-order chi connectivity index (χ0) is 16.5. The highest BCUT2D eigenvalue weighted by Gasteiger charge is 2.52. The minimum atomic E-state index is -0.387. The van der Waals surface area contributed by atoms with Crippen LogP contribution in [-0.2, 0) is 9.31 Å². The molecule has 1 saturated heterocycles. The SMILES string of the molecule is C=C/C=C(\C=C)C(C)n1cc(B2OC(C)(C)C(C)(C)O2)cn1. The Bertz CT molecular complexity index is 586. The molecule has 0 spiro atoms. The number of nitrogens with zero attached hydrogens (tertiary/aromatic N) is 2. The number of aromatic nitrogens is 2. The molecule has 22 heavy (non-hydrogen) atoms. The van der Waals surface area contributed by atoms with Gasteiger partial charge in [-0.15, -0.1) is 0 Å². The van der Waals surface area contributed by atoms with Crippen molar-refractivity contribution in [3.63, 3.8) is 0 Å². The van der Waals surface area contributed by atoms with E-state index in [0.29, 0.717) is 0 Å². The Labute approximate surface area is 133 Å². The molecule has 1 aliphatic rings. The molecule has 118 valence electrons. The van der Waals surface area contributed by atoms with Crippen molar-refractivity contribution < 1.29 is 9.31 Å². The topological polar surface area (TPSA) is 36.3 Å². The van der Waals surface area contributed by atoms with Crippen molar-refractivity contribution in [2.75, 3.05) is 0 Å².